The summed E-state index contributed by atoms with van der Waals surface area (Å²) in [6.45, 7) is 4.88. The summed E-state index contributed by atoms with van der Waals surface area (Å²) < 4.78 is 5.97. The van der Waals surface area contributed by atoms with E-state index < -0.39 is 12.0 Å². The van der Waals surface area contributed by atoms with E-state index in [2.05, 4.69) is 10.2 Å². The number of anilines is 2. The van der Waals surface area contributed by atoms with Gasteiger partial charge in [0.1, 0.15) is 12.4 Å². The number of carbonyl (C=O) groups is 3. The van der Waals surface area contributed by atoms with Crippen molar-refractivity contribution in [1.29, 1.82) is 0 Å². The van der Waals surface area contributed by atoms with Crippen molar-refractivity contribution in [2.45, 2.75) is 19.4 Å². The number of ether oxygens (including phenoxy) is 1. The van der Waals surface area contributed by atoms with Gasteiger partial charge in [0.2, 0.25) is 5.91 Å². The lowest BCUT2D eigenvalue weighted by Crippen LogP contribution is -2.58. The quantitative estimate of drug-likeness (QED) is 0.790. The topological polar surface area (TPSA) is 102 Å². The highest BCUT2D eigenvalue weighted by atomic mass is 16.5. The third kappa shape index (κ3) is 3.30. The zero-order valence-electron chi connectivity index (χ0n) is 15.1. The van der Waals surface area contributed by atoms with Crippen LogP contribution in [0.3, 0.4) is 0 Å². The highest BCUT2D eigenvalue weighted by Crippen LogP contribution is 2.41. The van der Waals surface area contributed by atoms with E-state index in [-0.39, 0.29) is 24.9 Å². The minimum atomic E-state index is -0.820. The van der Waals surface area contributed by atoms with E-state index >= 15 is 0 Å². The standard InChI is InChI=1S/C18H22N4O5/c1-11-6-12(22-3-2-15(23)19-18(22)26)7-14-17(11)21-5-4-20(9-16(24)25)8-13(21)10-27-14/h6-7,13H,2-5,8-10H2,1H3,(H,24,25)(H,19,23,26)/t13-/m1/s1. The van der Waals surface area contributed by atoms with Crippen LogP contribution in [0.2, 0.25) is 0 Å². The fourth-order valence-electron chi connectivity index (χ4n) is 4.05. The lowest BCUT2D eigenvalue weighted by Gasteiger charge is -2.46. The number of hydrogen-bond acceptors (Lipinski definition) is 6. The zero-order chi connectivity index (χ0) is 19.1. The number of benzene rings is 1. The molecule has 0 saturated carbocycles. The Kier molecular flexibility index (Phi) is 4.39. The van der Waals surface area contributed by atoms with Gasteiger partial charge >= 0.3 is 12.0 Å². The summed E-state index contributed by atoms with van der Waals surface area (Å²) in [5, 5.41) is 11.3. The highest BCUT2D eigenvalue weighted by molar-refractivity contribution is 6.05. The van der Waals surface area contributed by atoms with Gasteiger partial charge in [0.05, 0.1) is 18.3 Å². The predicted molar refractivity (Wildman–Crippen MR) is 97.4 cm³/mol. The molecule has 27 heavy (non-hydrogen) atoms. The fraction of sp³-hybridized carbons (Fsp3) is 0.500. The van der Waals surface area contributed by atoms with Crippen molar-refractivity contribution >= 4 is 29.3 Å². The molecule has 0 bridgehead atoms. The van der Waals surface area contributed by atoms with Gasteiger partial charge in [-0.3, -0.25) is 24.7 Å². The van der Waals surface area contributed by atoms with Gasteiger partial charge in [-0.1, -0.05) is 0 Å². The van der Waals surface area contributed by atoms with E-state index in [0.29, 0.717) is 31.9 Å². The Morgan fingerprint density at radius 3 is 2.85 bits per heavy atom. The maximum atomic E-state index is 12.1. The third-order valence-corrected chi connectivity index (χ3v) is 5.26. The summed E-state index contributed by atoms with van der Waals surface area (Å²) in [4.78, 5) is 40.2. The predicted octanol–water partition coefficient (Wildman–Crippen LogP) is 0.409. The van der Waals surface area contributed by atoms with Crippen molar-refractivity contribution in [1.82, 2.24) is 10.2 Å². The first-order chi connectivity index (χ1) is 12.9. The van der Waals surface area contributed by atoms with Crippen LogP contribution in [0, 0.1) is 6.92 Å². The van der Waals surface area contributed by atoms with Gasteiger partial charge in [-0.25, -0.2) is 4.79 Å². The van der Waals surface area contributed by atoms with Gasteiger partial charge in [0, 0.05) is 44.4 Å². The van der Waals surface area contributed by atoms with Crippen LogP contribution in [-0.4, -0.2) is 73.3 Å². The second kappa shape index (κ2) is 6.73. The Morgan fingerprint density at radius 2 is 2.11 bits per heavy atom. The van der Waals surface area contributed by atoms with Crippen molar-refractivity contribution in [2.75, 3.05) is 49.1 Å². The first kappa shape index (κ1) is 17.6. The van der Waals surface area contributed by atoms with E-state index in [0.717, 1.165) is 23.5 Å². The Bertz CT molecular complexity index is 811. The molecule has 0 aliphatic carbocycles. The molecule has 1 atom stereocenters. The molecule has 0 radical (unpaired) electrons. The van der Waals surface area contributed by atoms with E-state index in [1.807, 2.05) is 24.0 Å². The van der Waals surface area contributed by atoms with Crippen molar-refractivity contribution in [3.8, 4) is 5.75 Å². The molecule has 3 aliphatic rings. The molecule has 3 aliphatic heterocycles. The number of carbonyl (C=O) groups excluding carboxylic acids is 2. The van der Waals surface area contributed by atoms with Crippen LogP contribution in [-0.2, 0) is 9.59 Å². The normalized spacial score (nSPS) is 22.6. The van der Waals surface area contributed by atoms with Crippen molar-refractivity contribution in [3.05, 3.63) is 17.7 Å². The number of nitrogens with zero attached hydrogens (tertiary/aromatic N) is 3. The summed E-state index contributed by atoms with van der Waals surface area (Å²) in [5.74, 6) is -0.360. The average molecular weight is 374 g/mol. The molecule has 2 N–H and O–H groups in total. The molecule has 3 heterocycles. The number of fused-ring (bicyclic) bond motifs is 3. The van der Waals surface area contributed by atoms with Crippen LogP contribution in [0.1, 0.15) is 12.0 Å². The molecule has 0 aromatic heterocycles. The minimum Gasteiger partial charge on any atom is -0.489 e. The number of aliphatic carboxylic acids is 1. The minimum absolute atomic E-state index is 0.0396. The van der Waals surface area contributed by atoms with Crippen LogP contribution in [0.25, 0.3) is 0 Å². The summed E-state index contributed by atoms with van der Waals surface area (Å²) in [6.07, 6.45) is 0.274. The number of carboxylic acid groups (broad SMARTS) is 1. The Labute approximate surface area is 156 Å². The van der Waals surface area contributed by atoms with E-state index in [1.165, 1.54) is 0 Å². The molecule has 3 amide bonds. The van der Waals surface area contributed by atoms with Crippen molar-refractivity contribution in [3.63, 3.8) is 0 Å². The summed E-state index contributed by atoms with van der Waals surface area (Å²) >= 11 is 0. The Morgan fingerprint density at radius 1 is 1.30 bits per heavy atom. The van der Waals surface area contributed by atoms with Crippen LogP contribution in [0.5, 0.6) is 5.75 Å². The van der Waals surface area contributed by atoms with Gasteiger partial charge in [-0.2, -0.15) is 0 Å². The van der Waals surface area contributed by atoms with Crippen LogP contribution < -0.4 is 19.9 Å². The number of imide groups is 1. The highest BCUT2D eigenvalue weighted by Gasteiger charge is 2.35. The van der Waals surface area contributed by atoms with Gasteiger partial charge in [-0.15, -0.1) is 0 Å². The largest absolute Gasteiger partial charge is 0.489 e. The first-order valence-electron chi connectivity index (χ1n) is 9.02. The third-order valence-electron chi connectivity index (χ3n) is 5.26. The molecule has 144 valence electrons. The number of piperazine rings is 1. The smallest absolute Gasteiger partial charge is 0.328 e. The van der Waals surface area contributed by atoms with Crippen LogP contribution in [0.4, 0.5) is 16.2 Å². The summed E-state index contributed by atoms with van der Waals surface area (Å²) in [7, 11) is 0. The van der Waals surface area contributed by atoms with Gasteiger partial charge in [0.15, 0.2) is 0 Å². The van der Waals surface area contributed by atoms with Gasteiger partial charge < -0.3 is 14.7 Å². The number of hydrogen-bond donors (Lipinski definition) is 2. The summed E-state index contributed by atoms with van der Waals surface area (Å²) in [6, 6.07) is 3.47. The lowest BCUT2D eigenvalue weighted by atomic mass is 10.0. The number of carboxylic acids is 1. The second-order valence-corrected chi connectivity index (χ2v) is 7.15. The maximum absolute atomic E-state index is 12.1. The van der Waals surface area contributed by atoms with E-state index in [1.54, 1.807) is 4.90 Å². The molecule has 0 spiro atoms. The molecular weight excluding hydrogens is 352 g/mol. The Balaban J connectivity index is 1.57. The molecule has 9 nitrogen and oxygen atoms in total. The number of aryl methyl sites for hydroxylation is 1. The average Bonchev–Trinajstić information content (AvgIpc) is 2.60. The van der Waals surface area contributed by atoms with E-state index in [4.69, 9.17) is 9.84 Å². The molecule has 1 aromatic carbocycles. The summed E-state index contributed by atoms with van der Waals surface area (Å²) in [5.41, 5.74) is 2.70. The molecule has 4 rings (SSSR count). The van der Waals surface area contributed by atoms with E-state index in [9.17, 15) is 14.4 Å². The second-order valence-electron chi connectivity index (χ2n) is 7.15. The number of urea groups is 1. The molecule has 1 aromatic rings. The fourth-order valence-corrected chi connectivity index (χ4v) is 4.05. The van der Waals surface area contributed by atoms with Crippen LogP contribution in [0.15, 0.2) is 12.1 Å². The van der Waals surface area contributed by atoms with Crippen LogP contribution >= 0.6 is 0 Å². The zero-order valence-corrected chi connectivity index (χ0v) is 15.1. The molecule has 9 heteroatoms. The van der Waals surface area contributed by atoms with Crippen molar-refractivity contribution < 1.29 is 24.2 Å². The first-order valence-corrected chi connectivity index (χ1v) is 9.02. The SMILES string of the molecule is Cc1cc(N2CCC(=O)NC2=O)cc2c1N1CCN(CC(=O)O)C[C@@H]1CO2. The van der Waals surface area contributed by atoms with Gasteiger partial charge in [-0.05, 0) is 18.6 Å². The lowest BCUT2D eigenvalue weighted by molar-refractivity contribution is -0.138. The monoisotopic (exact) mass is 374 g/mol. The van der Waals surface area contributed by atoms with Gasteiger partial charge in [0.25, 0.3) is 0 Å². The molecule has 2 fully saturated rings. The number of nitrogens with one attached hydrogen (secondary N) is 1. The molecule has 0 unspecified atom stereocenters. The maximum Gasteiger partial charge on any atom is 0.328 e. The molecule has 2 saturated heterocycles. The Hall–Kier alpha value is -2.81. The number of rotatable bonds is 3. The van der Waals surface area contributed by atoms with Crippen molar-refractivity contribution in [2.24, 2.45) is 0 Å². The number of amides is 3. The molecular formula is C18H22N4O5.